The van der Waals surface area contributed by atoms with Gasteiger partial charge in [0.1, 0.15) is 11.5 Å². The Bertz CT molecular complexity index is 1760. The van der Waals surface area contributed by atoms with Gasteiger partial charge in [-0.2, -0.15) is 0 Å². The number of ketones is 2. The van der Waals surface area contributed by atoms with E-state index in [4.69, 9.17) is 0 Å². The van der Waals surface area contributed by atoms with Crippen molar-refractivity contribution in [2.24, 2.45) is 5.92 Å². The van der Waals surface area contributed by atoms with E-state index >= 15 is 0 Å². The number of nitro groups is 1. The summed E-state index contributed by atoms with van der Waals surface area (Å²) in [7, 11) is 0. The van der Waals surface area contributed by atoms with E-state index < -0.39 is 34.1 Å². The van der Waals surface area contributed by atoms with Crippen LogP contribution in [0.25, 0.3) is 6.08 Å². The number of thiophene rings is 1. The first kappa shape index (κ1) is 24.2. The van der Waals surface area contributed by atoms with Gasteiger partial charge in [0.25, 0.3) is 5.69 Å². The molecule has 0 aliphatic carbocycles. The Morgan fingerprint density at radius 3 is 2.55 bits per heavy atom. The molecule has 3 aliphatic rings. The van der Waals surface area contributed by atoms with Gasteiger partial charge in [0.15, 0.2) is 11.6 Å². The standard InChI is InChI=1S/C31H21N3O5S/c35-27(19-8-5-9-20(17-19)34(38)39)26-25(28(36)24-13-6-16-40-24)31(22-11-3-4-12-23(22)32-30(31)37)29-21-10-2-1-7-18(21)14-15-33(26)29/h1-17,25-26,29H,(H,32,37)/t25-,26+,29+,31-/m1/s1. The highest BCUT2D eigenvalue weighted by molar-refractivity contribution is 7.12. The molecule has 0 radical (unpaired) electrons. The zero-order valence-corrected chi connectivity index (χ0v) is 21.7. The molecule has 1 amide bonds. The van der Waals surface area contributed by atoms with Gasteiger partial charge >= 0.3 is 0 Å². The third kappa shape index (κ3) is 3.21. The van der Waals surface area contributed by atoms with E-state index in [2.05, 4.69) is 5.32 Å². The lowest BCUT2D eigenvalue weighted by Gasteiger charge is -2.38. The smallest absolute Gasteiger partial charge is 0.270 e. The summed E-state index contributed by atoms with van der Waals surface area (Å²) in [5.74, 6) is -2.23. The van der Waals surface area contributed by atoms with Crippen LogP contribution in [0.3, 0.4) is 0 Å². The maximum atomic E-state index is 14.5. The number of fused-ring (bicyclic) bond motifs is 6. The summed E-state index contributed by atoms with van der Waals surface area (Å²) in [6, 6.07) is 22.2. The van der Waals surface area contributed by atoms with Crippen LogP contribution < -0.4 is 5.32 Å². The van der Waals surface area contributed by atoms with Gasteiger partial charge in [-0.3, -0.25) is 24.5 Å². The van der Waals surface area contributed by atoms with Gasteiger partial charge in [0.05, 0.1) is 21.8 Å². The fourth-order valence-corrected chi connectivity index (χ4v) is 7.39. The molecule has 7 rings (SSSR count). The molecule has 3 aromatic carbocycles. The lowest BCUT2D eigenvalue weighted by atomic mass is 9.63. The summed E-state index contributed by atoms with van der Waals surface area (Å²) in [4.78, 5) is 56.6. The van der Waals surface area contributed by atoms with Gasteiger partial charge in [0, 0.05) is 29.6 Å². The minimum atomic E-state index is -1.43. The lowest BCUT2D eigenvalue weighted by molar-refractivity contribution is -0.384. The molecule has 4 heterocycles. The van der Waals surface area contributed by atoms with Gasteiger partial charge in [0.2, 0.25) is 5.91 Å². The topological polar surface area (TPSA) is 110 Å². The van der Waals surface area contributed by atoms with Crippen molar-refractivity contribution in [3.63, 3.8) is 0 Å². The third-order valence-corrected chi connectivity index (χ3v) is 9.11. The Hall–Kier alpha value is -4.89. The molecule has 9 heteroatoms. The number of amides is 1. The number of nitro benzene ring substituents is 1. The number of hydrogen-bond acceptors (Lipinski definition) is 7. The predicted molar refractivity (Wildman–Crippen MR) is 150 cm³/mol. The maximum Gasteiger partial charge on any atom is 0.270 e. The average Bonchev–Trinajstić information content (AvgIpc) is 3.69. The van der Waals surface area contributed by atoms with Crippen LogP contribution in [0.15, 0.2) is 96.5 Å². The van der Waals surface area contributed by atoms with Crippen molar-refractivity contribution in [1.82, 2.24) is 4.90 Å². The molecule has 196 valence electrons. The molecule has 1 N–H and O–H groups in total. The Morgan fingerprint density at radius 2 is 1.75 bits per heavy atom. The lowest BCUT2D eigenvalue weighted by Crippen LogP contribution is -2.49. The Kier molecular flexibility index (Phi) is 5.33. The van der Waals surface area contributed by atoms with Crippen molar-refractivity contribution in [3.05, 3.63) is 134 Å². The number of hydrogen-bond donors (Lipinski definition) is 1. The van der Waals surface area contributed by atoms with Crippen molar-refractivity contribution < 1.29 is 19.3 Å². The van der Waals surface area contributed by atoms with Crippen LogP contribution in [-0.2, 0) is 10.2 Å². The number of anilines is 1. The van der Waals surface area contributed by atoms with Gasteiger partial charge in [-0.25, -0.2) is 0 Å². The van der Waals surface area contributed by atoms with Crippen molar-refractivity contribution in [3.8, 4) is 0 Å². The Labute approximate surface area is 232 Å². The summed E-state index contributed by atoms with van der Waals surface area (Å²) >= 11 is 1.26. The zero-order valence-electron chi connectivity index (χ0n) is 20.9. The molecule has 0 unspecified atom stereocenters. The molecule has 0 bridgehead atoms. The summed E-state index contributed by atoms with van der Waals surface area (Å²) in [5.41, 5.74) is 1.44. The van der Waals surface area contributed by atoms with Gasteiger partial charge in [-0.05, 0) is 40.3 Å². The number of nitrogens with zero attached hydrogens (tertiary/aromatic N) is 2. The highest BCUT2D eigenvalue weighted by Gasteiger charge is 2.70. The number of rotatable bonds is 5. The molecule has 4 atom stereocenters. The van der Waals surface area contributed by atoms with Crippen LogP contribution in [0, 0.1) is 16.0 Å². The highest BCUT2D eigenvalue weighted by atomic mass is 32.1. The second-order valence-corrected chi connectivity index (χ2v) is 11.0. The van der Waals surface area contributed by atoms with E-state index in [0.717, 1.165) is 11.1 Å². The fourth-order valence-electron chi connectivity index (χ4n) is 6.68. The van der Waals surface area contributed by atoms with E-state index in [1.807, 2.05) is 53.4 Å². The number of para-hydroxylation sites is 1. The molecule has 1 saturated heterocycles. The number of nitrogens with one attached hydrogen (secondary N) is 1. The van der Waals surface area contributed by atoms with Gasteiger partial charge in [-0.1, -0.05) is 60.7 Å². The van der Waals surface area contributed by atoms with E-state index in [9.17, 15) is 24.5 Å². The second kappa shape index (κ2) is 8.82. The Morgan fingerprint density at radius 1 is 0.950 bits per heavy atom. The monoisotopic (exact) mass is 547 g/mol. The molecular formula is C31H21N3O5S. The van der Waals surface area contributed by atoms with Crippen LogP contribution in [0.5, 0.6) is 0 Å². The first-order chi connectivity index (χ1) is 19.4. The van der Waals surface area contributed by atoms with E-state index in [-0.39, 0.29) is 22.9 Å². The SMILES string of the molecule is O=C(c1cccc([N+](=O)[O-])c1)[C@@H]1[C@H](C(=O)c2cccs2)[C@@]2(C(=O)Nc3ccccc32)[C@@H]2c3ccccc3C=CN12. The first-order valence-electron chi connectivity index (χ1n) is 12.7. The molecule has 1 fully saturated rings. The summed E-state index contributed by atoms with van der Waals surface area (Å²) in [6.45, 7) is 0. The molecule has 3 aliphatic heterocycles. The molecule has 1 spiro atoms. The molecule has 8 nitrogen and oxygen atoms in total. The number of Topliss-reactive ketones (excluding diaryl/α,β-unsaturated/α-hetero) is 2. The molecular weight excluding hydrogens is 526 g/mol. The minimum absolute atomic E-state index is 0.109. The summed E-state index contributed by atoms with van der Waals surface area (Å²) in [5, 5.41) is 16.3. The number of non-ortho nitro benzene ring substituents is 1. The minimum Gasteiger partial charge on any atom is -0.358 e. The predicted octanol–water partition coefficient (Wildman–Crippen LogP) is 5.64. The third-order valence-electron chi connectivity index (χ3n) is 8.23. The maximum absolute atomic E-state index is 14.5. The molecule has 0 saturated carbocycles. The van der Waals surface area contributed by atoms with Crippen LogP contribution in [-0.4, -0.2) is 33.3 Å². The van der Waals surface area contributed by atoms with Crippen molar-refractivity contribution in [2.45, 2.75) is 17.5 Å². The van der Waals surface area contributed by atoms with Crippen LogP contribution in [0.1, 0.15) is 42.8 Å². The largest absolute Gasteiger partial charge is 0.358 e. The number of carbonyl (C=O) groups is 3. The fraction of sp³-hybridized carbons (Fsp3) is 0.129. The summed E-state index contributed by atoms with van der Waals surface area (Å²) in [6.07, 6.45) is 3.66. The highest BCUT2D eigenvalue weighted by Crippen LogP contribution is 2.62. The van der Waals surface area contributed by atoms with E-state index in [1.165, 1.54) is 35.6 Å². The normalized spacial score (nSPS) is 23.9. The first-order valence-corrected chi connectivity index (χ1v) is 13.6. The second-order valence-electron chi connectivity index (χ2n) is 10.1. The van der Waals surface area contributed by atoms with Crippen molar-refractivity contribution >= 4 is 46.3 Å². The van der Waals surface area contributed by atoms with Crippen LogP contribution in [0.2, 0.25) is 0 Å². The van der Waals surface area contributed by atoms with Crippen LogP contribution >= 0.6 is 11.3 Å². The zero-order chi connectivity index (χ0) is 27.6. The number of carbonyl (C=O) groups excluding carboxylic acids is 3. The summed E-state index contributed by atoms with van der Waals surface area (Å²) < 4.78 is 0. The average molecular weight is 548 g/mol. The molecule has 4 aromatic rings. The van der Waals surface area contributed by atoms with E-state index in [0.29, 0.717) is 16.1 Å². The van der Waals surface area contributed by atoms with Gasteiger partial charge in [-0.15, -0.1) is 11.3 Å². The van der Waals surface area contributed by atoms with Crippen LogP contribution in [0.4, 0.5) is 11.4 Å². The Balaban J connectivity index is 1.53. The van der Waals surface area contributed by atoms with Gasteiger partial charge < -0.3 is 10.2 Å². The quantitative estimate of drug-likeness (QED) is 0.197. The molecule has 1 aromatic heterocycles. The number of benzene rings is 3. The van der Waals surface area contributed by atoms with Crippen molar-refractivity contribution in [1.29, 1.82) is 0 Å². The van der Waals surface area contributed by atoms with Crippen molar-refractivity contribution in [2.75, 3.05) is 5.32 Å². The van der Waals surface area contributed by atoms with E-state index in [1.54, 1.807) is 29.8 Å². The molecule has 40 heavy (non-hydrogen) atoms.